The lowest BCUT2D eigenvalue weighted by molar-refractivity contribution is -0.135. The second-order valence-electron chi connectivity index (χ2n) is 9.55. The van der Waals surface area contributed by atoms with Crippen molar-refractivity contribution in [3.63, 3.8) is 0 Å². The van der Waals surface area contributed by atoms with Gasteiger partial charge in [-0.3, -0.25) is 4.79 Å². The van der Waals surface area contributed by atoms with Crippen molar-refractivity contribution in [1.82, 2.24) is 9.80 Å². The smallest absolute Gasteiger partial charge is 0.225 e. The highest BCUT2D eigenvalue weighted by Gasteiger charge is 2.30. The lowest BCUT2D eigenvalue weighted by Crippen LogP contribution is -2.43. The normalized spacial score (nSPS) is 30.8. The van der Waals surface area contributed by atoms with Crippen LogP contribution in [0.2, 0.25) is 0 Å². The SMILES string of the molecule is CC1CCN(C2CCC(CC3CCN(C(=O)C(C)C)CC3)CC2)CC1. The molecule has 1 aliphatic carbocycles. The molecule has 2 saturated heterocycles. The van der Waals surface area contributed by atoms with Gasteiger partial charge in [-0.1, -0.05) is 20.8 Å². The molecule has 3 heteroatoms. The first-order valence-electron chi connectivity index (χ1n) is 11.1. The molecule has 2 heterocycles. The maximum atomic E-state index is 12.1. The van der Waals surface area contributed by atoms with Gasteiger partial charge in [0.25, 0.3) is 0 Å². The summed E-state index contributed by atoms with van der Waals surface area (Å²) in [5.74, 6) is 3.28. The molecule has 1 saturated carbocycles. The van der Waals surface area contributed by atoms with E-state index in [0.29, 0.717) is 5.91 Å². The zero-order chi connectivity index (χ0) is 17.8. The molecule has 0 atom stereocenters. The van der Waals surface area contributed by atoms with Gasteiger partial charge in [0.15, 0.2) is 0 Å². The zero-order valence-electron chi connectivity index (χ0n) is 16.9. The van der Waals surface area contributed by atoms with Crippen LogP contribution in [0.1, 0.15) is 78.6 Å². The summed E-state index contributed by atoms with van der Waals surface area (Å²) < 4.78 is 0. The van der Waals surface area contributed by atoms with E-state index in [1.807, 2.05) is 13.8 Å². The average molecular weight is 349 g/mol. The molecule has 25 heavy (non-hydrogen) atoms. The van der Waals surface area contributed by atoms with Gasteiger partial charge in [0.05, 0.1) is 0 Å². The highest BCUT2D eigenvalue weighted by Crippen LogP contribution is 2.35. The van der Waals surface area contributed by atoms with Crippen molar-refractivity contribution in [2.75, 3.05) is 26.2 Å². The lowest BCUT2D eigenvalue weighted by Gasteiger charge is -2.41. The summed E-state index contributed by atoms with van der Waals surface area (Å²) in [6, 6.07) is 0.884. The molecule has 3 nitrogen and oxygen atoms in total. The summed E-state index contributed by atoms with van der Waals surface area (Å²) in [5.41, 5.74) is 0. The fourth-order valence-corrected chi connectivity index (χ4v) is 5.37. The highest BCUT2D eigenvalue weighted by molar-refractivity contribution is 5.78. The van der Waals surface area contributed by atoms with Crippen molar-refractivity contribution in [3.8, 4) is 0 Å². The van der Waals surface area contributed by atoms with E-state index >= 15 is 0 Å². The topological polar surface area (TPSA) is 23.6 Å². The van der Waals surface area contributed by atoms with Gasteiger partial charge in [-0.2, -0.15) is 0 Å². The predicted octanol–water partition coefficient (Wildman–Crippen LogP) is 4.56. The van der Waals surface area contributed by atoms with Gasteiger partial charge in [-0.05, 0) is 88.6 Å². The summed E-state index contributed by atoms with van der Waals surface area (Å²) >= 11 is 0. The minimum atomic E-state index is 0.157. The van der Waals surface area contributed by atoms with Crippen LogP contribution in [0.3, 0.4) is 0 Å². The number of amides is 1. The van der Waals surface area contributed by atoms with Crippen molar-refractivity contribution < 1.29 is 4.79 Å². The fourth-order valence-electron chi connectivity index (χ4n) is 5.37. The Hall–Kier alpha value is -0.570. The van der Waals surface area contributed by atoms with Crippen LogP contribution in [-0.2, 0) is 4.79 Å². The molecule has 1 amide bonds. The first-order valence-corrected chi connectivity index (χ1v) is 11.1. The van der Waals surface area contributed by atoms with Crippen LogP contribution in [0.25, 0.3) is 0 Å². The molecule has 0 aromatic rings. The van der Waals surface area contributed by atoms with E-state index in [9.17, 15) is 4.79 Å². The van der Waals surface area contributed by atoms with Gasteiger partial charge in [0, 0.05) is 25.0 Å². The Morgan fingerprint density at radius 3 is 1.96 bits per heavy atom. The molecule has 0 radical (unpaired) electrons. The van der Waals surface area contributed by atoms with E-state index in [4.69, 9.17) is 0 Å². The molecule has 0 aromatic carbocycles. The molecule has 0 bridgehead atoms. The molecule has 3 fully saturated rings. The van der Waals surface area contributed by atoms with Crippen molar-refractivity contribution in [2.24, 2.45) is 23.7 Å². The van der Waals surface area contributed by atoms with Gasteiger partial charge in [-0.15, -0.1) is 0 Å². The van der Waals surface area contributed by atoms with Crippen LogP contribution in [0.4, 0.5) is 0 Å². The Labute approximate surface area is 155 Å². The van der Waals surface area contributed by atoms with E-state index in [-0.39, 0.29) is 5.92 Å². The summed E-state index contributed by atoms with van der Waals surface area (Å²) in [7, 11) is 0. The molecular formula is C22H40N2O. The second-order valence-corrected chi connectivity index (χ2v) is 9.55. The third-order valence-electron chi connectivity index (χ3n) is 7.24. The van der Waals surface area contributed by atoms with Crippen molar-refractivity contribution in [3.05, 3.63) is 0 Å². The first-order chi connectivity index (χ1) is 12.0. The monoisotopic (exact) mass is 348 g/mol. The number of hydrogen-bond acceptors (Lipinski definition) is 2. The Bertz CT molecular complexity index is 412. The Morgan fingerprint density at radius 1 is 0.840 bits per heavy atom. The number of hydrogen-bond donors (Lipinski definition) is 0. The summed E-state index contributed by atoms with van der Waals surface area (Å²) in [6.07, 6.45) is 12.5. The summed E-state index contributed by atoms with van der Waals surface area (Å²) in [5, 5.41) is 0. The quantitative estimate of drug-likeness (QED) is 0.743. The third-order valence-corrected chi connectivity index (χ3v) is 7.24. The van der Waals surface area contributed by atoms with Crippen molar-refractivity contribution >= 4 is 5.91 Å². The Kier molecular flexibility index (Phi) is 6.82. The number of likely N-dealkylation sites (tertiary alicyclic amines) is 2. The van der Waals surface area contributed by atoms with E-state index in [1.165, 1.54) is 70.9 Å². The predicted molar refractivity (Wildman–Crippen MR) is 104 cm³/mol. The van der Waals surface area contributed by atoms with Crippen LogP contribution in [0.15, 0.2) is 0 Å². The van der Waals surface area contributed by atoms with Gasteiger partial charge < -0.3 is 9.80 Å². The number of piperidine rings is 2. The van der Waals surface area contributed by atoms with Crippen LogP contribution in [-0.4, -0.2) is 47.9 Å². The Morgan fingerprint density at radius 2 is 1.40 bits per heavy atom. The van der Waals surface area contributed by atoms with E-state index in [1.54, 1.807) is 0 Å². The van der Waals surface area contributed by atoms with Gasteiger partial charge >= 0.3 is 0 Å². The summed E-state index contributed by atoms with van der Waals surface area (Å²) in [4.78, 5) is 17.0. The minimum Gasteiger partial charge on any atom is -0.342 e. The molecule has 144 valence electrons. The number of rotatable bonds is 4. The largest absolute Gasteiger partial charge is 0.342 e. The molecule has 3 aliphatic rings. The average Bonchev–Trinajstić information content (AvgIpc) is 2.63. The molecule has 0 aromatic heterocycles. The van der Waals surface area contributed by atoms with Crippen LogP contribution in [0.5, 0.6) is 0 Å². The molecule has 3 rings (SSSR count). The Balaban J connectivity index is 1.35. The van der Waals surface area contributed by atoms with Crippen molar-refractivity contribution in [1.29, 1.82) is 0 Å². The second kappa shape index (κ2) is 8.88. The molecule has 0 unspecified atom stereocenters. The standard InChI is InChI=1S/C22H40N2O/c1-17(2)22(25)24-14-10-20(11-15-24)16-19-4-6-21(7-5-19)23-12-8-18(3)9-13-23/h17-21H,4-16H2,1-3H3. The van der Waals surface area contributed by atoms with Crippen LogP contribution < -0.4 is 0 Å². The minimum absolute atomic E-state index is 0.157. The van der Waals surface area contributed by atoms with Crippen LogP contribution >= 0.6 is 0 Å². The molecule has 0 N–H and O–H groups in total. The molecular weight excluding hydrogens is 308 g/mol. The maximum absolute atomic E-state index is 12.1. The lowest BCUT2D eigenvalue weighted by atomic mass is 9.77. The molecule has 0 spiro atoms. The van der Waals surface area contributed by atoms with Gasteiger partial charge in [0.1, 0.15) is 0 Å². The fraction of sp³-hybridized carbons (Fsp3) is 0.955. The zero-order valence-corrected chi connectivity index (χ0v) is 16.9. The number of nitrogens with zero attached hydrogens (tertiary/aromatic N) is 2. The number of carbonyl (C=O) groups excluding carboxylic acids is 1. The van der Waals surface area contributed by atoms with E-state index in [2.05, 4.69) is 16.7 Å². The molecule has 2 aliphatic heterocycles. The third kappa shape index (κ3) is 5.21. The van der Waals surface area contributed by atoms with E-state index in [0.717, 1.165) is 36.9 Å². The van der Waals surface area contributed by atoms with Gasteiger partial charge in [-0.25, -0.2) is 0 Å². The van der Waals surface area contributed by atoms with E-state index < -0.39 is 0 Å². The van der Waals surface area contributed by atoms with Crippen LogP contribution in [0, 0.1) is 23.7 Å². The number of carbonyl (C=O) groups is 1. The van der Waals surface area contributed by atoms with Gasteiger partial charge in [0.2, 0.25) is 5.91 Å². The first kappa shape index (κ1) is 19.2. The summed E-state index contributed by atoms with van der Waals surface area (Å²) in [6.45, 7) is 11.2. The van der Waals surface area contributed by atoms with Crippen molar-refractivity contribution in [2.45, 2.75) is 84.6 Å². The maximum Gasteiger partial charge on any atom is 0.225 e. The highest BCUT2D eigenvalue weighted by atomic mass is 16.2.